The second-order valence-corrected chi connectivity index (χ2v) is 7.22. The minimum absolute atomic E-state index is 0.256. The Morgan fingerprint density at radius 2 is 2.19 bits per heavy atom. The first kappa shape index (κ1) is 18.8. The molecule has 3 N–H and O–H groups in total. The summed E-state index contributed by atoms with van der Waals surface area (Å²) in [7, 11) is 0. The lowest BCUT2D eigenvalue weighted by Crippen LogP contribution is -2.44. The molecule has 2 unspecified atom stereocenters. The van der Waals surface area contributed by atoms with Gasteiger partial charge in [-0.05, 0) is 49.7 Å². The van der Waals surface area contributed by atoms with Crippen LogP contribution in [0.5, 0.6) is 0 Å². The first-order chi connectivity index (χ1) is 12.7. The van der Waals surface area contributed by atoms with Gasteiger partial charge in [0.25, 0.3) is 0 Å². The van der Waals surface area contributed by atoms with E-state index in [0.29, 0.717) is 11.8 Å². The zero-order valence-electron chi connectivity index (χ0n) is 14.9. The molecule has 2 aromatic rings. The summed E-state index contributed by atoms with van der Waals surface area (Å²) in [5, 5.41) is 16.9. The van der Waals surface area contributed by atoms with Crippen molar-refractivity contribution in [2.75, 3.05) is 31.1 Å². The summed E-state index contributed by atoms with van der Waals surface area (Å²) in [4.78, 5) is 6.87. The van der Waals surface area contributed by atoms with Crippen molar-refractivity contribution in [3.63, 3.8) is 0 Å². The highest BCUT2D eigenvalue weighted by Gasteiger charge is 2.23. The number of nitrogens with one attached hydrogen (secondary N) is 2. The van der Waals surface area contributed by atoms with Crippen LogP contribution in [0.1, 0.15) is 25.2 Å². The highest BCUT2D eigenvalue weighted by atomic mass is 79.9. The van der Waals surface area contributed by atoms with Crippen LogP contribution >= 0.6 is 15.9 Å². The molecule has 1 aromatic heterocycles. The van der Waals surface area contributed by atoms with Crippen molar-refractivity contribution in [2.24, 2.45) is 4.99 Å². The van der Waals surface area contributed by atoms with E-state index in [1.807, 2.05) is 6.92 Å². The molecule has 1 saturated heterocycles. The van der Waals surface area contributed by atoms with E-state index in [9.17, 15) is 5.11 Å². The minimum Gasteiger partial charge on any atom is -0.467 e. The van der Waals surface area contributed by atoms with Gasteiger partial charge in [0.1, 0.15) is 11.9 Å². The molecule has 26 heavy (non-hydrogen) atoms. The van der Waals surface area contributed by atoms with E-state index < -0.39 is 6.10 Å². The average molecular weight is 421 g/mol. The van der Waals surface area contributed by atoms with Crippen molar-refractivity contribution < 1.29 is 9.52 Å². The molecule has 0 amide bonds. The molecule has 0 spiro atoms. The van der Waals surface area contributed by atoms with Gasteiger partial charge >= 0.3 is 0 Å². The van der Waals surface area contributed by atoms with Crippen LogP contribution in [0.4, 0.5) is 5.69 Å². The maximum Gasteiger partial charge on any atom is 0.191 e. The van der Waals surface area contributed by atoms with Gasteiger partial charge in [0.05, 0.1) is 12.8 Å². The van der Waals surface area contributed by atoms with Gasteiger partial charge in [-0.3, -0.25) is 4.99 Å². The second-order valence-electron chi connectivity index (χ2n) is 6.30. The number of benzene rings is 1. The molecule has 0 bridgehead atoms. The molecule has 1 aliphatic heterocycles. The van der Waals surface area contributed by atoms with E-state index in [1.165, 1.54) is 5.69 Å². The van der Waals surface area contributed by atoms with E-state index in [4.69, 9.17) is 4.42 Å². The standard InChI is InChI=1S/C19H25BrN4O2/c1-2-21-19(22-12-17(25)18-4-3-11-26-18)23-15-9-10-24(13-15)16-7-5-14(20)6-8-16/h3-8,11,15,17,25H,2,9-10,12-13H2,1H3,(H2,21,22,23). The van der Waals surface area contributed by atoms with Crippen molar-refractivity contribution in [2.45, 2.75) is 25.5 Å². The Kier molecular flexibility index (Phi) is 6.57. The quantitative estimate of drug-likeness (QED) is 0.494. The van der Waals surface area contributed by atoms with Crippen LogP contribution in [0.15, 0.2) is 56.5 Å². The topological polar surface area (TPSA) is 73.0 Å². The van der Waals surface area contributed by atoms with Crippen LogP contribution in [0, 0.1) is 0 Å². The van der Waals surface area contributed by atoms with E-state index in [1.54, 1.807) is 18.4 Å². The van der Waals surface area contributed by atoms with Crippen molar-refractivity contribution in [1.82, 2.24) is 10.6 Å². The summed E-state index contributed by atoms with van der Waals surface area (Å²) >= 11 is 3.48. The first-order valence-electron chi connectivity index (χ1n) is 8.92. The molecule has 1 fully saturated rings. The van der Waals surface area contributed by atoms with E-state index in [0.717, 1.165) is 36.5 Å². The summed E-state index contributed by atoms with van der Waals surface area (Å²) < 4.78 is 6.31. The van der Waals surface area contributed by atoms with Crippen LogP contribution in [-0.2, 0) is 0 Å². The predicted molar refractivity (Wildman–Crippen MR) is 108 cm³/mol. The number of aliphatic hydroxyl groups excluding tert-OH is 1. The Balaban J connectivity index is 1.56. The van der Waals surface area contributed by atoms with Crippen LogP contribution in [-0.4, -0.2) is 43.3 Å². The van der Waals surface area contributed by atoms with Crippen LogP contribution in [0.2, 0.25) is 0 Å². The Labute approximate surface area is 162 Å². The van der Waals surface area contributed by atoms with E-state index in [2.05, 4.69) is 60.7 Å². The molecule has 3 rings (SSSR count). The average Bonchev–Trinajstić information content (AvgIpc) is 3.32. The third-order valence-electron chi connectivity index (χ3n) is 4.36. The molecule has 2 heterocycles. The fourth-order valence-corrected chi connectivity index (χ4v) is 3.29. The van der Waals surface area contributed by atoms with Crippen LogP contribution in [0.25, 0.3) is 0 Å². The SMILES string of the molecule is CCNC(=NCC(O)c1ccco1)NC1CCN(c2ccc(Br)cc2)C1. The Hall–Kier alpha value is -1.99. The third-order valence-corrected chi connectivity index (χ3v) is 4.89. The number of guanidine groups is 1. The van der Waals surface area contributed by atoms with Gasteiger partial charge in [-0.2, -0.15) is 0 Å². The smallest absolute Gasteiger partial charge is 0.191 e. The number of aliphatic hydroxyl groups is 1. The lowest BCUT2D eigenvalue weighted by molar-refractivity contribution is 0.158. The van der Waals surface area contributed by atoms with E-state index in [-0.39, 0.29) is 6.54 Å². The number of aliphatic imine (C=N–C) groups is 1. The lowest BCUT2D eigenvalue weighted by atomic mass is 10.2. The minimum atomic E-state index is -0.733. The molecule has 1 aliphatic rings. The first-order valence-corrected chi connectivity index (χ1v) is 9.72. The summed E-state index contributed by atoms with van der Waals surface area (Å²) in [6, 6.07) is 12.2. The van der Waals surface area contributed by atoms with Crippen LogP contribution < -0.4 is 15.5 Å². The number of hydrogen-bond donors (Lipinski definition) is 3. The predicted octanol–water partition coefficient (Wildman–Crippen LogP) is 2.91. The summed E-state index contributed by atoms with van der Waals surface area (Å²) in [6.07, 6.45) is 1.87. The molecular weight excluding hydrogens is 396 g/mol. The van der Waals surface area contributed by atoms with Gasteiger partial charge in [-0.15, -0.1) is 0 Å². The maximum absolute atomic E-state index is 10.1. The summed E-state index contributed by atoms with van der Waals surface area (Å²) in [5.74, 6) is 1.26. The normalized spacial score (nSPS) is 18.8. The zero-order chi connectivity index (χ0) is 18.4. The van der Waals surface area contributed by atoms with Crippen LogP contribution in [0.3, 0.4) is 0 Å². The largest absolute Gasteiger partial charge is 0.467 e. The number of rotatable bonds is 6. The fraction of sp³-hybridized carbons (Fsp3) is 0.421. The lowest BCUT2D eigenvalue weighted by Gasteiger charge is -2.20. The third kappa shape index (κ3) is 5.02. The molecule has 6 nitrogen and oxygen atoms in total. The van der Waals surface area contributed by atoms with Gasteiger partial charge in [-0.25, -0.2) is 0 Å². The monoisotopic (exact) mass is 420 g/mol. The number of hydrogen-bond acceptors (Lipinski definition) is 4. The van der Waals surface area contributed by atoms with Gasteiger partial charge in [0.2, 0.25) is 0 Å². The Morgan fingerprint density at radius 1 is 1.38 bits per heavy atom. The number of anilines is 1. The molecule has 140 valence electrons. The Morgan fingerprint density at radius 3 is 2.88 bits per heavy atom. The zero-order valence-corrected chi connectivity index (χ0v) is 16.4. The fourth-order valence-electron chi connectivity index (χ4n) is 3.03. The van der Waals surface area contributed by atoms with Crippen molar-refractivity contribution in [1.29, 1.82) is 0 Å². The van der Waals surface area contributed by atoms with E-state index >= 15 is 0 Å². The summed E-state index contributed by atoms with van der Waals surface area (Å²) in [6.45, 7) is 4.99. The second kappa shape index (κ2) is 9.09. The van der Waals surface area contributed by atoms with Gasteiger partial charge in [0, 0.05) is 35.8 Å². The molecule has 0 aliphatic carbocycles. The number of halogens is 1. The molecule has 1 aromatic carbocycles. The number of furan rings is 1. The molecule has 0 saturated carbocycles. The molecule has 2 atom stereocenters. The van der Waals surface area contributed by atoms with Gasteiger partial charge in [-0.1, -0.05) is 15.9 Å². The highest BCUT2D eigenvalue weighted by molar-refractivity contribution is 9.10. The molecular formula is C19H25BrN4O2. The van der Waals surface area contributed by atoms with Crippen molar-refractivity contribution >= 4 is 27.6 Å². The highest BCUT2D eigenvalue weighted by Crippen LogP contribution is 2.22. The van der Waals surface area contributed by atoms with Gasteiger partial charge in [0.15, 0.2) is 5.96 Å². The van der Waals surface area contributed by atoms with Gasteiger partial charge < -0.3 is 25.1 Å². The molecule has 7 heteroatoms. The van der Waals surface area contributed by atoms with Crippen molar-refractivity contribution in [3.8, 4) is 0 Å². The Bertz CT molecular complexity index is 703. The summed E-state index contributed by atoms with van der Waals surface area (Å²) in [5.41, 5.74) is 1.23. The molecule has 0 radical (unpaired) electrons. The number of nitrogens with zero attached hydrogens (tertiary/aromatic N) is 2. The van der Waals surface area contributed by atoms with Crippen molar-refractivity contribution in [3.05, 3.63) is 52.9 Å². The maximum atomic E-state index is 10.1.